The molecular formula is C24H23NO4S. The lowest BCUT2D eigenvalue weighted by molar-refractivity contribution is 0.0472. The lowest BCUT2D eigenvalue weighted by Crippen LogP contribution is -2.31. The van der Waals surface area contributed by atoms with Crippen LogP contribution in [0.15, 0.2) is 96.4 Å². The van der Waals surface area contributed by atoms with Crippen LogP contribution in [0.25, 0.3) is 0 Å². The molecule has 0 saturated heterocycles. The quantitative estimate of drug-likeness (QED) is 0.390. The molecule has 0 aliphatic carbocycles. The van der Waals surface area contributed by atoms with E-state index >= 15 is 0 Å². The summed E-state index contributed by atoms with van der Waals surface area (Å²) in [6, 6.07) is 22.3. The van der Waals surface area contributed by atoms with Crippen LogP contribution in [0.1, 0.15) is 21.5 Å². The minimum atomic E-state index is -3.89. The van der Waals surface area contributed by atoms with Crippen molar-refractivity contribution in [2.75, 3.05) is 10.8 Å². The molecule has 0 fully saturated rings. The van der Waals surface area contributed by atoms with Crippen LogP contribution in [-0.4, -0.2) is 20.9 Å². The van der Waals surface area contributed by atoms with Gasteiger partial charge in [-0.1, -0.05) is 60.2 Å². The van der Waals surface area contributed by atoms with Crippen molar-refractivity contribution in [1.29, 1.82) is 0 Å². The zero-order valence-corrected chi connectivity index (χ0v) is 17.5. The number of carbonyl (C=O) groups excluding carboxylic acids is 1. The SMILES string of the molecule is C=CCN(c1ccccc1)S(=O)(=O)c1cccc(C(=O)OCc2ccc(C)cc2)c1. The second-order valence-electron chi connectivity index (χ2n) is 6.75. The van der Waals surface area contributed by atoms with Crippen molar-refractivity contribution >= 4 is 21.7 Å². The Morgan fingerprint density at radius 1 is 1.00 bits per heavy atom. The average Bonchev–Trinajstić information content (AvgIpc) is 2.77. The van der Waals surface area contributed by atoms with E-state index in [1.54, 1.807) is 24.3 Å². The second-order valence-corrected chi connectivity index (χ2v) is 8.61. The number of carbonyl (C=O) groups is 1. The summed E-state index contributed by atoms with van der Waals surface area (Å²) in [6.07, 6.45) is 1.52. The van der Waals surface area contributed by atoms with E-state index in [-0.39, 0.29) is 23.6 Å². The van der Waals surface area contributed by atoms with E-state index in [0.29, 0.717) is 5.69 Å². The maximum atomic E-state index is 13.2. The number of hydrogen-bond acceptors (Lipinski definition) is 4. The summed E-state index contributed by atoms with van der Waals surface area (Å²) < 4.78 is 33.1. The predicted octanol–water partition coefficient (Wildman–Crippen LogP) is 4.73. The second kappa shape index (κ2) is 9.41. The smallest absolute Gasteiger partial charge is 0.338 e. The fourth-order valence-electron chi connectivity index (χ4n) is 2.88. The zero-order valence-electron chi connectivity index (χ0n) is 16.7. The molecule has 0 unspecified atom stereocenters. The molecule has 0 aliphatic rings. The van der Waals surface area contributed by atoms with Crippen LogP contribution < -0.4 is 4.31 Å². The van der Waals surface area contributed by atoms with Crippen molar-refractivity contribution in [1.82, 2.24) is 0 Å². The molecule has 3 rings (SSSR count). The molecule has 0 aromatic heterocycles. The van der Waals surface area contributed by atoms with Crippen LogP contribution in [-0.2, 0) is 21.4 Å². The van der Waals surface area contributed by atoms with E-state index in [0.717, 1.165) is 11.1 Å². The molecule has 0 atom stereocenters. The maximum absolute atomic E-state index is 13.2. The van der Waals surface area contributed by atoms with Gasteiger partial charge in [0, 0.05) is 0 Å². The number of esters is 1. The summed E-state index contributed by atoms with van der Waals surface area (Å²) in [7, 11) is -3.89. The number of aryl methyl sites for hydroxylation is 1. The number of anilines is 1. The summed E-state index contributed by atoms with van der Waals surface area (Å²) in [5.41, 5.74) is 2.67. The first-order valence-corrected chi connectivity index (χ1v) is 10.9. The lowest BCUT2D eigenvalue weighted by atomic mass is 10.2. The molecule has 0 radical (unpaired) electrons. The molecule has 0 saturated carbocycles. The van der Waals surface area contributed by atoms with Crippen LogP contribution >= 0.6 is 0 Å². The highest BCUT2D eigenvalue weighted by molar-refractivity contribution is 7.92. The highest BCUT2D eigenvalue weighted by Gasteiger charge is 2.25. The molecule has 0 bridgehead atoms. The van der Waals surface area contributed by atoms with Crippen molar-refractivity contribution in [3.8, 4) is 0 Å². The minimum absolute atomic E-state index is 0.0120. The third-order valence-corrected chi connectivity index (χ3v) is 6.28. The van der Waals surface area contributed by atoms with E-state index in [4.69, 9.17) is 4.74 Å². The van der Waals surface area contributed by atoms with Gasteiger partial charge in [0.1, 0.15) is 6.61 Å². The first-order chi connectivity index (χ1) is 14.4. The number of para-hydroxylation sites is 1. The van der Waals surface area contributed by atoms with Gasteiger partial charge < -0.3 is 4.74 Å². The van der Waals surface area contributed by atoms with Crippen LogP contribution in [0.5, 0.6) is 0 Å². The Hall–Kier alpha value is -3.38. The molecule has 3 aromatic rings. The van der Waals surface area contributed by atoms with Gasteiger partial charge in [-0.3, -0.25) is 4.31 Å². The molecule has 0 aliphatic heterocycles. The number of ether oxygens (including phenoxy) is 1. The fraction of sp³-hybridized carbons (Fsp3) is 0.125. The van der Waals surface area contributed by atoms with E-state index in [9.17, 15) is 13.2 Å². The Balaban J connectivity index is 1.82. The monoisotopic (exact) mass is 421 g/mol. The Morgan fingerprint density at radius 3 is 2.37 bits per heavy atom. The van der Waals surface area contributed by atoms with Crippen molar-refractivity contribution in [3.63, 3.8) is 0 Å². The summed E-state index contributed by atoms with van der Waals surface area (Å²) in [5, 5.41) is 0. The Kier molecular flexibility index (Phi) is 6.69. The summed E-state index contributed by atoms with van der Waals surface area (Å²) in [6.45, 7) is 5.86. The number of hydrogen-bond donors (Lipinski definition) is 0. The summed E-state index contributed by atoms with van der Waals surface area (Å²) in [4.78, 5) is 12.5. The van der Waals surface area contributed by atoms with Gasteiger partial charge in [-0.15, -0.1) is 6.58 Å². The van der Waals surface area contributed by atoms with Gasteiger partial charge in [0.15, 0.2) is 0 Å². The van der Waals surface area contributed by atoms with Gasteiger partial charge in [0.2, 0.25) is 0 Å². The lowest BCUT2D eigenvalue weighted by Gasteiger charge is -2.23. The third kappa shape index (κ3) is 4.96. The average molecular weight is 422 g/mol. The highest BCUT2D eigenvalue weighted by Crippen LogP contribution is 2.24. The van der Waals surface area contributed by atoms with E-state index in [1.165, 1.54) is 34.6 Å². The molecule has 6 heteroatoms. The topological polar surface area (TPSA) is 63.7 Å². The van der Waals surface area contributed by atoms with Crippen LogP contribution in [0.3, 0.4) is 0 Å². The Morgan fingerprint density at radius 2 is 1.70 bits per heavy atom. The van der Waals surface area contributed by atoms with Gasteiger partial charge in [-0.25, -0.2) is 13.2 Å². The molecule has 0 amide bonds. The molecule has 0 spiro atoms. The largest absolute Gasteiger partial charge is 0.457 e. The number of nitrogens with zero attached hydrogens (tertiary/aromatic N) is 1. The van der Waals surface area contributed by atoms with E-state index in [1.807, 2.05) is 37.3 Å². The van der Waals surface area contributed by atoms with Crippen LogP contribution in [0.4, 0.5) is 5.69 Å². The first-order valence-electron chi connectivity index (χ1n) is 9.43. The van der Waals surface area contributed by atoms with Crippen molar-refractivity contribution < 1.29 is 17.9 Å². The molecule has 0 N–H and O–H groups in total. The van der Waals surface area contributed by atoms with E-state index < -0.39 is 16.0 Å². The number of benzene rings is 3. The fourth-order valence-corrected chi connectivity index (χ4v) is 4.36. The van der Waals surface area contributed by atoms with Gasteiger partial charge >= 0.3 is 5.97 Å². The van der Waals surface area contributed by atoms with Crippen molar-refractivity contribution in [2.24, 2.45) is 0 Å². The number of sulfonamides is 1. The highest BCUT2D eigenvalue weighted by atomic mass is 32.2. The van der Waals surface area contributed by atoms with Crippen molar-refractivity contribution in [3.05, 3.63) is 108 Å². The Labute approximate surface area is 177 Å². The molecule has 0 heterocycles. The van der Waals surface area contributed by atoms with Gasteiger partial charge in [0.25, 0.3) is 10.0 Å². The minimum Gasteiger partial charge on any atom is -0.457 e. The van der Waals surface area contributed by atoms with E-state index in [2.05, 4.69) is 6.58 Å². The number of rotatable bonds is 8. The maximum Gasteiger partial charge on any atom is 0.338 e. The summed E-state index contributed by atoms with van der Waals surface area (Å²) >= 11 is 0. The van der Waals surface area contributed by atoms with Crippen LogP contribution in [0, 0.1) is 6.92 Å². The summed E-state index contributed by atoms with van der Waals surface area (Å²) in [5.74, 6) is -0.581. The van der Waals surface area contributed by atoms with Crippen LogP contribution in [0.2, 0.25) is 0 Å². The molecule has 154 valence electrons. The normalized spacial score (nSPS) is 11.0. The third-order valence-electron chi connectivity index (χ3n) is 4.49. The van der Waals surface area contributed by atoms with Gasteiger partial charge in [-0.2, -0.15) is 0 Å². The van der Waals surface area contributed by atoms with Gasteiger partial charge in [0.05, 0.1) is 22.7 Å². The molecule has 30 heavy (non-hydrogen) atoms. The standard InChI is InChI=1S/C24H23NO4S/c1-3-16-25(22-9-5-4-6-10-22)30(27,28)23-11-7-8-21(17-23)24(26)29-18-20-14-12-19(2)13-15-20/h3-15,17H,1,16,18H2,2H3. The zero-order chi connectivity index (χ0) is 21.6. The molecule has 3 aromatic carbocycles. The van der Waals surface area contributed by atoms with Gasteiger partial charge in [-0.05, 0) is 42.8 Å². The first kappa shape index (κ1) is 21.3. The van der Waals surface area contributed by atoms with Crippen molar-refractivity contribution in [2.45, 2.75) is 18.4 Å². The molecule has 5 nitrogen and oxygen atoms in total. The Bertz CT molecular complexity index is 1120. The predicted molar refractivity (Wildman–Crippen MR) is 118 cm³/mol. The molecular weight excluding hydrogens is 398 g/mol.